The lowest BCUT2D eigenvalue weighted by molar-refractivity contribution is -0.115. The van der Waals surface area contributed by atoms with Gasteiger partial charge in [0.05, 0.1) is 0 Å². The smallest absolute Gasteiger partial charge is 0.271 e. The number of carbonyl (C=O) groups excluding carboxylic acids is 2. The van der Waals surface area contributed by atoms with E-state index in [-0.39, 0.29) is 17.7 Å². The van der Waals surface area contributed by atoms with Crippen LogP contribution in [0.5, 0.6) is 0 Å². The third kappa shape index (κ3) is 5.33. The highest BCUT2D eigenvalue weighted by molar-refractivity contribution is 5.95. The SMILES string of the molecule is CCC(=O)Nc1ccc(C(=O)NN=CC(C)C)cc1. The van der Waals surface area contributed by atoms with Crippen molar-refractivity contribution in [1.29, 1.82) is 0 Å². The Morgan fingerprint density at radius 2 is 1.89 bits per heavy atom. The molecule has 0 aliphatic carbocycles. The van der Waals surface area contributed by atoms with Gasteiger partial charge in [-0.15, -0.1) is 0 Å². The topological polar surface area (TPSA) is 70.6 Å². The highest BCUT2D eigenvalue weighted by Crippen LogP contribution is 2.09. The second-order valence-corrected chi connectivity index (χ2v) is 4.44. The normalized spacial score (nSPS) is 10.7. The van der Waals surface area contributed by atoms with Crippen LogP contribution in [0, 0.1) is 5.92 Å². The molecule has 0 aromatic heterocycles. The van der Waals surface area contributed by atoms with Crippen LogP contribution in [0.25, 0.3) is 0 Å². The van der Waals surface area contributed by atoms with Crippen molar-refractivity contribution in [2.45, 2.75) is 27.2 Å². The third-order valence-corrected chi connectivity index (χ3v) is 2.29. The predicted molar refractivity (Wildman–Crippen MR) is 76.2 cm³/mol. The maximum absolute atomic E-state index is 11.7. The summed E-state index contributed by atoms with van der Waals surface area (Å²) in [6, 6.07) is 6.67. The van der Waals surface area contributed by atoms with Crippen LogP contribution in [0.3, 0.4) is 0 Å². The predicted octanol–water partition coefficient (Wildman–Crippen LogP) is 2.41. The third-order valence-electron chi connectivity index (χ3n) is 2.29. The Morgan fingerprint density at radius 1 is 1.26 bits per heavy atom. The molecule has 1 aromatic carbocycles. The Bertz CT molecular complexity index is 464. The molecule has 0 bridgehead atoms. The van der Waals surface area contributed by atoms with E-state index >= 15 is 0 Å². The second-order valence-electron chi connectivity index (χ2n) is 4.44. The minimum absolute atomic E-state index is 0.0567. The van der Waals surface area contributed by atoms with Gasteiger partial charge in [0.25, 0.3) is 5.91 Å². The maximum Gasteiger partial charge on any atom is 0.271 e. The van der Waals surface area contributed by atoms with Gasteiger partial charge in [-0.2, -0.15) is 5.10 Å². The number of hydrazone groups is 1. The van der Waals surface area contributed by atoms with Crippen molar-refractivity contribution in [3.8, 4) is 0 Å². The fraction of sp³-hybridized carbons (Fsp3) is 0.357. The van der Waals surface area contributed by atoms with Crippen molar-refractivity contribution in [1.82, 2.24) is 5.43 Å². The number of carbonyl (C=O) groups is 2. The molecular weight excluding hydrogens is 242 g/mol. The van der Waals surface area contributed by atoms with Crippen molar-refractivity contribution in [3.05, 3.63) is 29.8 Å². The van der Waals surface area contributed by atoms with Gasteiger partial charge in [0.2, 0.25) is 5.91 Å². The van der Waals surface area contributed by atoms with E-state index in [0.29, 0.717) is 17.7 Å². The monoisotopic (exact) mass is 261 g/mol. The zero-order chi connectivity index (χ0) is 14.3. The molecule has 102 valence electrons. The summed E-state index contributed by atoms with van der Waals surface area (Å²) >= 11 is 0. The molecule has 0 radical (unpaired) electrons. The number of amides is 2. The van der Waals surface area contributed by atoms with Crippen LogP contribution < -0.4 is 10.7 Å². The summed E-state index contributed by atoms with van der Waals surface area (Å²) in [5, 5.41) is 6.55. The first kappa shape index (κ1) is 14.9. The molecule has 0 fully saturated rings. The van der Waals surface area contributed by atoms with Crippen LogP contribution in [0.4, 0.5) is 5.69 Å². The Labute approximate surface area is 113 Å². The Morgan fingerprint density at radius 3 is 2.42 bits per heavy atom. The quantitative estimate of drug-likeness (QED) is 0.631. The van der Waals surface area contributed by atoms with Gasteiger partial charge in [0.1, 0.15) is 0 Å². The molecule has 0 unspecified atom stereocenters. The van der Waals surface area contributed by atoms with Crippen LogP contribution in [-0.4, -0.2) is 18.0 Å². The average Bonchev–Trinajstić information content (AvgIpc) is 2.38. The van der Waals surface area contributed by atoms with Crippen LogP contribution in [-0.2, 0) is 4.79 Å². The first-order valence-electron chi connectivity index (χ1n) is 6.26. The molecule has 0 aliphatic rings. The molecular formula is C14H19N3O2. The zero-order valence-electron chi connectivity index (χ0n) is 11.4. The lowest BCUT2D eigenvalue weighted by Gasteiger charge is -2.04. The lowest BCUT2D eigenvalue weighted by Crippen LogP contribution is -2.18. The van der Waals surface area contributed by atoms with E-state index in [9.17, 15) is 9.59 Å². The fourth-order valence-corrected chi connectivity index (χ4v) is 1.26. The van der Waals surface area contributed by atoms with E-state index < -0.39 is 0 Å². The molecule has 0 atom stereocenters. The van der Waals surface area contributed by atoms with Gasteiger partial charge in [-0.25, -0.2) is 5.43 Å². The first-order chi connectivity index (χ1) is 9.02. The van der Waals surface area contributed by atoms with E-state index in [1.54, 1.807) is 37.4 Å². The van der Waals surface area contributed by atoms with Crippen molar-refractivity contribution < 1.29 is 9.59 Å². The summed E-state index contributed by atoms with van der Waals surface area (Å²) in [4.78, 5) is 22.9. The summed E-state index contributed by atoms with van der Waals surface area (Å²) < 4.78 is 0. The molecule has 0 aliphatic heterocycles. The van der Waals surface area contributed by atoms with E-state index in [1.807, 2.05) is 13.8 Å². The maximum atomic E-state index is 11.7. The van der Waals surface area contributed by atoms with E-state index in [0.717, 1.165) is 0 Å². The Kier molecular flexibility index (Phi) is 5.73. The van der Waals surface area contributed by atoms with Gasteiger partial charge < -0.3 is 5.32 Å². The number of rotatable bonds is 5. The van der Waals surface area contributed by atoms with Crippen LogP contribution in [0.15, 0.2) is 29.4 Å². The van der Waals surface area contributed by atoms with Gasteiger partial charge in [-0.1, -0.05) is 20.8 Å². The minimum atomic E-state index is -0.273. The molecule has 0 spiro atoms. The van der Waals surface area contributed by atoms with Crippen molar-refractivity contribution in [3.63, 3.8) is 0 Å². The number of hydrogen-bond acceptors (Lipinski definition) is 3. The fourth-order valence-electron chi connectivity index (χ4n) is 1.26. The molecule has 0 saturated heterocycles. The molecule has 0 saturated carbocycles. The Balaban J connectivity index is 2.60. The molecule has 5 nitrogen and oxygen atoms in total. The molecule has 1 aromatic rings. The molecule has 5 heteroatoms. The number of anilines is 1. The summed E-state index contributed by atoms with van der Waals surface area (Å²) in [5.41, 5.74) is 3.62. The molecule has 2 N–H and O–H groups in total. The van der Waals surface area contributed by atoms with Gasteiger partial charge >= 0.3 is 0 Å². The van der Waals surface area contributed by atoms with Gasteiger partial charge in [-0.05, 0) is 30.2 Å². The first-order valence-corrected chi connectivity index (χ1v) is 6.26. The zero-order valence-corrected chi connectivity index (χ0v) is 11.4. The van der Waals surface area contributed by atoms with Crippen LogP contribution in [0.1, 0.15) is 37.6 Å². The van der Waals surface area contributed by atoms with E-state index in [2.05, 4.69) is 15.8 Å². The Hall–Kier alpha value is -2.17. The van der Waals surface area contributed by atoms with Crippen molar-refractivity contribution in [2.24, 2.45) is 11.0 Å². The van der Waals surface area contributed by atoms with Gasteiger partial charge in [-0.3, -0.25) is 9.59 Å². The number of nitrogens with zero attached hydrogens (tertiary/aromatic N) is 1. The molecule has 1 rings (SSSR count). The van der Waals surface area contributed by atoms with Crippen LogP contribution >= 0.6 is 0 Å². The van der Waals surface area contributed by atoms with Crippen molar-refractivity contribution >= 4 is 23.7 Å². The van der Waals surface area contributed by atoms with E-state index in [4.69, 9.17) is 0 Å². The molecule has 2 amide bonds. The highest BCUT2D eigenvalue weighted by atomic mass is 16.2. The van der Waals surface area contributed by atoms with Gasteiger partial charge in [0, 0.05) is 23.9 Å². The standard InChI is InChI=1S/C14H19N3O2/c1-4-13(18)16-12-7-5-11(6-8-12)14(19)17-15-9-10(2)3/h5-10H,4H2,1-3H3,(H,16,18)(H,17,19). The number of benzene rings is 1. The largest absolute Gasteiger partial charge is 0.326 e. The second kappa shape index (κ2) is 7.31. The number of hydrogen-bond donors (Lipinski definition) is 2. The molecule has 19 heavy (non-hydrogen) atoms. The number of nitrogens with one attached hydrogen (secondary N) is 2. The average molecular weight is 261 g/mol. The lowest BCUT2D eigenvalue weighted by atomic mass is 10.2. The van der Waals surface area contributed by atoms with Crippen LogP contribution in [0.2, 0.25) is 0 Å². The highest BCUT2D eigenvalue weighted by Gasteiger charge is 2.04. The van der Waals surface area contributed by atoms with Crippen molar-refractivity contribution in [2.75, 3.05) is 5.32 Å². The minimum Gasteiger partial charge on any atom is -0.326 e. The van der Waals surface area contributed by atoms with E-state index in [1.165, 1.54) is 0 Å². The summed E-state index contributed by atoms with van der Waals surface area (Å²) in [7, 11) is 0. The molecule has 0 heterocycles. The summed E-state index contributed by atoms with van der Waals surface area (Å²) in [6.07, 6.45) is 2.08. The summed E-state index contributed by atoms with van der Waals surface area (Å²) in [6.45, 7) is 5.73. The summed E-state index contributed by atoms with van der Waals surface area (Å²) in [5.74, 6) is -0.0454. The van der Waals surface area contributed by atoms with Gasteiger partial charge in [0.15, 0.2) is 0 Å².